The Morgan fingerprint density at radius 1 is 1.17 bits per heavy atom. The summed E-state index contributed by atoms with van der Waals surface area (Å²) in [6, 6.07) is 11.1. The van der Waals surface area contributed by atoms with Crippen molar-refractivity contribution < 1.29 is 0 Å². The first-order valence-corrected chi connectivity index (χ1v) is 8.67. The molecule has 24 heavy (non-hydrogen) atoms. The molecule has 1 aliphatic heterocycles. The summed E-state index contributed by atoms with van der Waals surface area (Å²) in [7, 11) is 0. The summed E-state index contributed by atoms with van der Waals surface area (Å²) in [5.41, 5.74) is 3.22. The number of anilines is 2. The molecule has 0 radical (unpaired) electrons. The van der Waals surface area contributed by atoms with Crippen LogP contribution >= 0.6 is 0 Å². The molecule has 6 heteroatoms. The largest absolute Gasteiger partial charge is 0.351 e. The minimum Gasteiger partial charge on any atom is -0.351 e. The van der Waals surface area contributed by atoms with Crippen molar-refractivity contribution in [2.75, 3.05) is 16.8 Å². The highest BCUT2D eigenvalue weighted by Gasteiger charge is 2.26. The van der Waals surface area contributed by atoms with Gasteiger partial charge in [-0.05, 0) is 24.8 Å². The predicted octanol–water partition coefficient (Wildman–Crippen LogP) is 2.88. The molecule has 6 nitrogen and oxygen atoms in total. The Bertz CT molecular complexity index is 868. The van der Waals surface area contributed by atoms with Gasteiger partial charge < -0.3 is 10.2 Å². The van der Waals surface area contributed by atoms with Gasteiger partial charge in [0.25, 0.3) is 0 Å². The highest BCUT2D eigenvalue weighted by Crippen LogP contribution is 2.33. The van der Waals surface area contributed by atoms with Crippen LogP contribution in [0.2, 0.25) is 0 Å². The third kappa shape index (κ3) is 2.29. The van der Waals surface area contributed by atoms with Crippen LogP contribution in [-0.4, -0.2) is 32.8 Å². The van der Waals surface area contributed by atoms with E-state index >= 15 is 0 Å². The fourth-order valence-electron chi connectivity index (χ4n) is 3.49. The SMILES string of the molecule is c1ccc(CN2CCc3n[nH]c4nc(NC5CCC5)nc2c34)cc1. The average molecular weight is 320 g/mol. The summed E-state index contributed by atoms with van der Waals surface area (Å²) >= 11 is 0. The Hall–Kier alpha value is -2.63. The van der Waals surface area contributed by atoms with Gasteiger partial charge in [-0.25, -0.2) is 0 Å². The van der Waals surface area contributed by atoms with Gasteiger partial charge in [0.05, 0.1) is 11.1 Å². The molecule has 2 aromatic heterocycles. The molecule has 1 saturated carbocycles. The van der Waals surface area contributed by atoms with Gasteiger partial charge in [-0.15, -0.1) is 0 Å². The molecule has 0 bridgehead atoms. The van der Waals surface area contributed by atoms with E-state index in [1.165, 1.54) is 24.8 Å². The predicted molar refractivity (Wildman–Crippen MR) is 94.1 cm³/mol. The highest BCUT2D eigenvalue weighted by atomic mass is 15.3. The zero-order valence-corrected chi connectivity index (χ0v) is 13.5. The lowest BCUT2D eigenvalue weighted by Gasteiger charge is -2.30. The van der Waals surface area contributed by atoms with Crippen LogP contribution in [0.3, 0.4) is 0 Å². The summed E-state index contributed by atoms with van der Waals surface area (Å²) in [4.78, 5) is 11.8. The number of aromatic nitrogens is 4. The normalized spacial score (nSPS) is 17.1. The number of benzene rings is 1. The first-order chi connectivity index (χ1) is 11.9. The second-order valence-electron chi connectivity index (χ2n) is 6.69. The van der Waals surface area contributed by atoms with Crippen LogP contribution in [0.4, 0.5) is 11.8 Å². The molecule has 0 saturated heterocycles. The second-order valence-corrected chi connectivity index (χ2v) is 6.69. The van der Waals surface area contributed by atoms with E-state index in [2.05, 4.69) is 55.7 Å². The smallest absolute Gasteiger partial charge is 0.226 e. The van der Waals surface area contributed by atoms with Gasteiger partial charge in [-0.3, -0.25) is 5.10 Å². The molecule has 122 valence electrons. The number of rotatable bonds is 4. The van der Waals surface area contributed by atoms with Crippen LogP contribution in [-0.2, 0) is 13.0 Å². The van der Waals surface area contributed by atoms with Gasteiger partial charge in [0.15, 0.2) is 5.65 Å². The Labute approximate surface area is 140 Å². The van der Waals surface area contributed by atoms with E-state index in [4.69, 9.17) is 4.98 Å². The number of hydrogen-bond donors (Lipinski definition) is 2. The first-order valence-electron chi connectivity index (χ1n) is 8.67. The molecule has 3 heterocycles. The van der Waals surface area contributed by atoms with Crippen molar-refractivity contribution in [1.29, 1.82) is 0 Å². The summed E-state index contributed by atoms with van der Waals surface area (Å²) in [6.07, 6.45) is 4.64. The molecule has 0 unspecified atom stereocenters. The van der Waals surface area contributed by atoms with Crippen LogP contribution in [0, 0.1) is 0 Å². The molecule has 0 amide bonds. The molecule has 1 aliphatic carbocycles. The minimum absolute atomic E-state index is 0.517. The number of nitrogens with one attached hydrogen (secondary N) is 2. The van der Waals surface area contributed by atoms with Gasteiger partial charge >= 0.3 is 0 Å². The molecule has 0 atom stereocenters. The number of H-pyrrole nitrogens is 1. The minimum atomic E-state index is 0.517. The number of aromatic amines is 1. The maximum absolute atomic E-state index is 4.85. The quantitative estimate of drug-likeness (QED) is 0.773. The Kier molecular flexibility index (Phi) is 3.14. The van der Waals surface area contributed by atoms with Crippen molar-refractivity contribution in [3.8, 4) is 0 Å². The summed E-state index contributed by atoms with van der Waals surface area (Å²) in [5, 5.41) is 12.1. The van der Waals surface area contributed by atoms with E-state index in [9.17, 15) is 0 Å². The van der Waals surface area contributed by atoms with Crippen molar-refractivity contribution in [3.63, 3.8) is 0 Å². The molecule has 3 aromatic rings. The monoisotopic (exact) mass is 320 g/mol. The van der Waals surface area contributed by atoms with Gasteiger partial charge in [-0.2, -0.15) is 15.1 Å². The first kappa shape index (κ1) is 13.8. The van der Waals surface area contributed by atoms with Crippen molar-refractivity contribution in [2.45, 2.75) is 38.3 Å². The maximum Gasteiger partial charge on any atom is 0.226 e. The van der Waals surface area contributed by atoms with Crippen LogP contribution in [0.5, 0.6) is 0 Å². The highest BCUT2D eigenvalue weighted by molar-refractivity contribution is 5.91. The van der Waals surface area contributed by atoms with Crippen molar-refractivity contribution in [1.82, 2.24) is 20.2 Å². The van der Waals surface area contributed by atoms with Crippen LogP contribution in [0.15, 0.2) is 30.3 Å². The molecule has 2 N–H and O–H groups in total. The molecule has 2 aliphatic rings. The van der Waals surface area contributed by atoms with Crippen molar-refractivity contribution >= 4 is 22.8 Å². The van der Waals surface area contributed by atoms with Gasteiger partial charge in [0, 0.05) is 25.6 Å². The Morgan fingerprint density at radius 3 is 2.83 bits per heavy atom. The lowest BCUT2D eigenvalue weighted by atomic mass is 9.93. The summed E-state index contributed by atoms with van der Waals surface area (Å²) in [5.74, 6) is 1.72. The second kappa shape index (κ2) is 5.47. The standard InChI is InChI=1S/C18H20N6/c1-2-5-12(6-3-1)11-24-10-9-14-15-16(23-22-14)20-18(21-17(15)24)19-13-7-4-8-13/h1-3,5-6,13H,4,7-11H2,(H2,19,20,21,22,23). The van der Waals surface area contributed by atoms with Gasteiger partial charge in [0.2, 0.25) is 5.95 Å². The zero-order chi connectivity index (χ0) is 15.9. The lowest BCUT2D eigenvalue weighted by Crippen LogP contribution is -2.31. The van der Waals surface area contributed by atoms with Gasteiger partial charge in [-0.1, -0.05) is 30.3 Å². The van der Waals surface area contributed by atoms with Crippen LogP contribution in [0.1, 0.15) is 30.5 Å². The number of hydrogen-bond acceptors (Lipinski definition) is 5. The fraction of sp³-hybridized carbons (Fsp3) is 0.389. The molecule has 0 spiro atoms. The molecule has 1 fully saturated rings. The third-order valence-electron chi connectivity index (χ3n) is 5.05. The maximum atomic E-state index is 4.85. The molecular formula is C18H20N6. The van der Waals surface area contributed by atoms with Crippen LogP contribution < -0.4 is 10.2 Å². The van der Waals surface area contributed by atoms with E-state index in [-0.39, 0.29) is 0 Å². The van der Waals surface area contributed by atoms with Crippen molar-refractivity contribution in [2.24, 2.45) is 0 Å². The molecular weight excluding hydrogens is 300 g/mol. The topological polar surface area (TPSA) is 69.7 Å². The van der Waals surface area contributed by atoms with E-state index in [0.717, 1.165) is 48.0 Å². The van der Waals surface area contributed by atoms with Crippen LogP contribution in [0.25, 0.3) is 11.0 Å². The summed E-state index contributed by atoms with van der Waals surface area (Å²) < 4.78 is 0. The fourth-order valence-corrected chi connectivity index (χ4v) is 3.49. The third-order valence-corrected chi connectivity index (χ3v) is 5.05. The van der Waals surface area contributed by atoms with Gasteiger partial charge in [0.1, 0.15) is 5.82 Å². The van der Waals surface area contributed by atoms with E-state index in [1.807, 2.05) is 0 Å². The average Bonchev–Trinajstić information content (AvgIpc) is 2.99. The molecule has 5 rings (SSSR count). The lowest BCUT2D eigenvalue weighted by molar-refractivity contribution is 0.443. The van der Waals surface area contributed by atoms with E-state index < -0.39 is 0 Å². The van der Waals surface area contributed by atoms with Crippen molar-refractivity contribution in [3.05, 3.63) is 41.6 Å². The zero-order valence-electron chi connectivity index (χ0n) is 13.5. The number of nitrogens with zero attached hydrogens (tertiary/aromatic N) is 4. The molecule has 1 aromatic carbocycles. The van der Waals surface area contributed by atoms with E-state index in [0.29, 0.717) is 6.04 Å². The Balaban J connectivity index is 1.53. The van der Waals surface area contributed by atoms with E-state index in [1.54, 1.807) is 0 Å². The Morgan fingerprint density at radius 2 is 2.04 bits per heavy atom. The summed E-state index contributed by atoms with van der Waals surface area (Å²) in [6.45, 7) is 1.79.